The lowest BCUT2D eigenvalue weighted by Gasteiger charge is -2.24. The molecule has 1 aromatic carbocycles. The molecule has 1 saturated heterocycles. The second-order valence-electron chi connectivity index (χ2n) is 4.98. The fourth-order valence-corrected chi connectivity index (χ4v) is 4.64. The first-order valence-corrected chi connectivity index (χ1v) is 8.30. The van der Waals surface area contributed by atoms with Crippen LogP contribution in [0.2, 0.25) is 0 Å². The van der Waals surface area contributed by atoms with E-state index in [0.717, 1.165) is 6.07 Å². The zero-order valence-electron chi connectivity index (χ0n) is 10.2. The van der Waals surface area contributed by atoms with Crippen molar-refractivity contribution in [2.45, 2.75) is 18.9 Å². The van der Waals surface area contributed by atoms with Gasteiger partial charge in [-0.15, -0.1) is 0 Å². The van der Waals surface area contributed by atoms with E-state index in [1.165, 1.54) is 12.1 Å². The van der Waals surface area contributed by atoms with Crippen molar-refractivity contribution in [3.63, 3.8) is 0 Å². The summed E-state index contributed by atoms with van der Waals surface area (Å²) >= 11 is 3.17. The van der Waals surface area contributed by atoms with E-state index >= 15 is 0 Å². The van der Waals surface area contributed by atoms with Crippen molar-refractivity contribution in [1.82, 2.24) is 5.32 Å². The molecule has 4 nitrogen and oxygen atoms in total. The molecule has 1 unspecified atom stereocenters. The van der Waals surface area contributed by atoms with E-state index in [0.29, 0.717) is 10.9 Å². The molecule has 1 heterocycles. The number of rotatable bonds is 2. The molecule has 2 rings (SSSR count). The standard InChI is InChI=1S/C12H13BrFNO3S/c1-12(4-5-19(17,18)7-12)15-11(16)9-6-8(14)2-3-10(9)13/h2-3,6H,4-5,7H2,1H3,(H,15,16). The number of carbonyl (C=O) groups excluding carboxylic acids is 1. The summed E-state index contributed by atoms with van der Waals surface area (Å²) < 4.78 is 36.5. The molecule has 0 radical (unpaired) electrons. The third-order valence-corrected chi connectivity index (χ3v) is 5.69. The van der Waals surface area contributed by atoms with Gasteiger partial charge in [-0.2, -0.15) is 0 Å². The van der Waals surface area contributed by atoms with E-state index in [4.69, 9.17) is 0 Å². The Hall–Kier alpha value is -0.950. The summed E-state index contributed by atoms with van der Waals surface area (Å²) in [6.07, 6.45) is 0.369. The summed E-state index contributed by atoms with van der Waals surface area (Å²) in [5, 5.41) is 2.68. The maximum atomic E-state index is 13.1. The highest BCUT2D eigenvalue weighted by molar-refractivity contribution is 9.10. The fraction of sp³-hybridized carbons (Fsp3) is 0.417. The fourth-order valence-electron chi connectivity index (χ4n) is 2.12. The SMILES string of the molecule is CC1(NC(=O)c2cc(F)ccc2Br)CCS(=O)(=O)C1. The minimum atomic E-state index is -3.10. The molecule has 1 aliphatic rings. The van der Waals surface area contributed by atoms with Crippen LogP contribution in [0.15, 0.2) is 22.7 Å². The summed E-state index contributed by atoms with van der Waals surface area (Å²) in [7, 11) is -3.10. The number of amides is 1. The maximum absolute atomic E-state index is 13.1. The smallest absolute Gasteiger partial charge is 0.252 e. The highest BCUT2D eigenvalue weighted by Crippen LogP contribution is 2.25. The lowest BCUT2D eigenvalue weighted by Crippen LogP contribution is -2.47. The molecule has 19 heavy (non-hydrogen) atoms. The number of halogens is 2. The number of carbonyl (C=O) groups is 1. The van der Waals surface area contributed by atoms with Crippen molar-refractivity contribution in [2.75, 3.05) is 11.5 Å². The minimum Gasteiger partial charge on any atom is -0.346 e. The van der Waals surface area contributed by atoms with E-state index in [9.17, 15) is 17.6 Å². The van der Waals surface area contributed by atoms with Gasteiger partial charge in [0, 0.05) is 4.47 Å². The molecule has 1 aliphatic heterocycles. The van der Waals surface area contributed by atoms with Crippen molar-refractivity contribution >= 4 is 31.7 Å². The van der Waals surface area contributed by atoms with Gasteiger partial charge in [0.1, 0.15) is 5.82 Å². The normalized spacial score (nSPS) is 25.2. The molecule has 0 aromatic heterocycles. The predicted octanol–water partition coefficient (Wildman–Crippen LogP) is 1.90. The molecule has 7 heteroatoms. The first-order valence-electron chi connectivity index (χ1n) is 5.69. The van der Waals surface area contributed by atoms with Gasteiger partial charge in [0.25, 0.3) is 5.91 Å². The van der Waals surface area contributed by atoms with Crippen LogP contribution in [0.1, 0.15) is 23.7 Å². The van der Waals surface area contributed by atoms with E-state index in [1.54, 1.807) is 6.92 Å². The summed E-state index contributed by atoms with van der Waals surface area (Å²) in [5.74, 6) is -1.02. The number of benzene rings is 1. The topological polar surface area (TPSA) is 63.2 Å². The van der Waals surface area contributed by atoms with Gasteiger partial charge >= 0.3 is 0 Å². The van der Waals surface area contributed by atoms with Crippen LogP contribution in [0.3, 0.4) is 0 Å². The van der Waals surface area contributed by atoms with Gasteiger partial charge in [-0.1, -0.05) is 0 Å². The Labute approximate surface area is 119 Å². The maximum Gasteiger partial charge on any atom is 0.252 e. The van der Waals surface area contributed by atoms with Gasteiger partial charge in [0.05, 0.1) is 22.6 Å². The average molecular weight is 350 g/mol. The second-order valence-corrected chi connectivity index (χ2v) is 8.02. The van der Waals surface area contributed by atoms with Gasteiger partial charge in [0.2, 0.25) is 0 Å². The monoisotopic (exact) mass is 349 g/mol. The van der Waals surface area contributed by atoms with Crippen LogP contribution >= 0.6 is 15.9 Å². The molecule has 1 N–H and O–H groups in total. The molecule has 104 valence electrons. The Balaban J connectivity index is 2.20. The molecule has 0 saturated carbocycles. The first-order chi connectivity index (χ1) is 8.71. The molecule has 1 amide bonds. The number of sulfone groups is 1. The Morgan fingerprint density at radius 2 is 2.16 bits per heavy atom. The van der Waals surface area contributed by atoms with E-state index in [-0.39, 0.29) is 17.1 Å². The summed E-state index contributed by atoms with van der Waals surface area (Å²) in [6.45, 7) is 1.68. The third-order valence-electron chi connectivity index (χ3n) is 3.09. The number of hydrogen-bond acceptors (Lipinski definition) is 3. The third kappa shape index (κ3) is 3.33. The van der Waals surface area contributed by atoms with Crippen molar-refractivity contribution in [1.29, 1.82) is 0 Å². The van der Waals surface area contributed by atoms with Gasteiger partial charge in [-0.05, 0) is 47.5 Å². The Morgan fingerprint density at radius 3 is 2.74 bits per heavy atom. The van der Waals surface area contributed by atoms with Crippen molar-refractivity contribution < 1.29 is 17.6 Å². The predicted molar refractivity (Wildman–Crippen MR) is 73.2 cm³/mol. The van der Waals surface area contributed by atoms with E-state index in [2.05, 4.69) is 21.2 Å². The van der Waals surface area contributed by atoms with Crippen LogP contribution in [0.4, 0.5) is 4.39 Å². The molecule has 1 atom stereocenters. The van der Waals surface area contributed by atoms with Crippen LogP contribution in [-0.4, -0.2) is 31.4 Å². The molecular formula is C12H13BrFNO3S. The highest BCUT2D eigenvalue weighted by atomic mass is 79.9. The van der Waals surface area contributed by atoms with Crippen LogP contribution < -0.4 is 5.32 Å². The molecule has 0 bridgehead atoms. The van der Waals surface area contributed by atoms with Gasteiger partial charge in [-0.25, -0.2) is 12.8 Å². The van der Waals surface area contributed by atoms with Crippen molar-refractivity contribution in [2.24, 2.45) is 0 Å². The van der Waals surface area contributed by atoms with Gasteiger partial charge in [0.15, 0.2) is 9.84 Å². The molecule has 0 aliphatic carbocycles. The van der Waals surface area contributed by atoms with Crippen LogP contribution in [0.25, 0.3) is 0 Å². The number of nitrogens with one attached hydrogen (secondary N) is 1. The summed E-state index contributed by atoms with van der Waals surface area (Å²) in [4.78, 5) is 12.1. The Bertz CT molecular complexity index is 632. The summed E-state index contributed by atoms with van der Waals surface area (Å²) in [6, 6.07) is 3.80. The van der Waals surface area contributed by atoms with Crippen molar-refractivity contribution in [3.8, 4) is 0 Å². The molecule has 0 spiro atoms. The lowest BCUT2D eigenvalue weighted by atomic mass is 10.0. The summed E-state index contributed by atoms with van der Waals surface area (Å²) in [5.41, 5.74) is -0.632. The lowest BCUT2D eigenvalue weighted by molar-refractivity contribution is 0.0914. The van der Waals surface area contributed by atoms with E-state index in [1.807, 2.05) is 0 Å². The van der Waals surface area contributed by atoms with Gasteiger partial charge in [-0.3, -0.25) is 4.79 Å². The van der Waals surface area contributed by atoms with Crippen LogP contribution in [0, 0.1) is 5.82 Å². The zero-order valence-corrected chi connectivity index (χ0v) is 12.6. The Morgan fingerprint density at radius 1 is 1.47 bits per heavy atom. The molecular weight excluding hydrogens is 337 g/mol. The molecule has 1 aromatic rings. The second kappa shape index (κ2) is 4.86. The van der Waals surface area contributed by atoms with Crippen molar-refractivity contribution in [3.05, 3.63) is 34.1 Å². The molecule has 1 fully saturated rings. The Kier molecular flexibility index (Phi) is 3.70. The van der Waals surface area contributed by atoms with Gasteiger partial charge < -0.3 is 5.32 Å². The number of hydrogen-bond donors (Lipinski definition) is 1. The van der Waals surface area contributed by atoms with Crippen LogP contribution in [0.5, 0.6) is 0 Å². The van der Waals surface area contributed by atoms with Crippen LogP contribution in [-0.2, 0) is 9.84 Å². The minimum absolute atomic E-state index is 0.0636. The first kappa shape index (κ1) is 14.5. The van der Waals surface area contributed by atoms with E-state index < -0.39 is 27.1 Å². The quantitative estimate of drug-likeness (QED) is 0.886. The highest BCUT2D eigenvalue weighted by Gasteiger charge is 2.39. The zero-order chi connectivity index (χ0) is 14.3. The average Bonchev–Trinajstić information content (AvgIpc) is 2.56. The largest absolute Gasteiger partial charge is 0.346 e.